The van der Waals surface area contributed by atoms with Crippen molar-refractivity contribution in [2.24, 2.45) is 11.8 Å². The number of carboxylic acid groups (broad SMARTS) is 1. The van der Waals surface area contributed by atoms with Gasteiger partial charge in [-0.3, -0.25) is 4.79 Å². The van der Waals surface area contributed by atoms with E-state index in [1.807, 2.05) is 0 Å². The molecule has 2 heteroatoms. The Labute approximate surface area is 164 Å². The van der Waals surface area contributed by atoms with Crippen molar-refractivity contribution in [1.82, 2.24) is 0 Å². The third kappa shape index (κ3) is 15.7. The van der Waals surface area contributed by atoms with Crippen molar-refractivity contribution < 1.29 is 9.90 Å². The highest BCUT2D eigenvalue weighted by Crippen LogP contribution is 2.25. The molecule has 2 nitrogen and oxygen atoms in total. The SMILES string of the molecule is CCCCCCCCCCCCCCC(C(=O)O)C(C)CCCCCC. The van der Waals surface area contributed by atoms with Crippen LogP contribution in [0.5, 0.6) is 0 Å². The summed E-state index contributed by atoms with van der Waals surface area (Å²) >= 11 is 0. The van der Waals surface area contributed by atoms with Crippen LogP contribution in [0.3, 0.4) is 0 Å². The van der Waals surface area contributed by atoms with Gasteiger partial charge in [0.1, 0.15) is 0 Å². The van der Waals surface area contributed by atoms with Crippen LogP contribution in [0.1, 0.15) is 136 Å². The van der Waals surface area contributed by atoms with Gasteiger partial charge >= 0.3 is 5.97 Å². The lowest BCUT2D eigenvalue weighted by Crippen LogP contribution is -2.21. The third-order valence-electron chi connectivity index (χ3n) is 5.89. The molecule has 0 aromatic heterocycles. The molecule has 0 amide bonds. The molecule has 2 atom stereocenters. The Morgan fingerprint density at radius 2 is 0.962 bits per heavy atom. The molecular formula is C24H48O2. The Bertz CT molecular complexity index is 301. The third-order valence-corrected chi connectivity index (χ3v) is 5.89. The second-order valence-electron chi connectivity index (χ2n) is 8.45. The molecule has 0 saturated carbocycles. The van der Waals surface area contributed by atoms with Gasteiger partial charge in [-0.15, -0.1) is 0 Å². The second kappa shape index (κ2) is 19.2. The summed E-state index contributed by atoms with van der Waals surface area (Å²) in [5, 5.41) is 9.52. The molecular weight excluding hydrogens is 320 g/mol. The van der Waals surface area contributed by atoms with Crippen molar-refractivity contribution in [2.75, 3.05) is 0 Å². The number of rotatable bonds is 20. The fourth-order valence-corrected chi connectivity index (χ4v) is 3.95. The summed E-state index contributed by atoms with van der Waals surface area (Å²) in [6.45, 7) is 6.63. The molecule has 0 aromatic rings. The van der Waals surface area contributed by atoms with Gasteiger partial charge in [-0.2, -0.15) is 0 Å². The maximum Gasteiger partial charge on any atom is 0.306 e. The van der Waals surface area contributed by atoms with E-state index >= 15 is 0 Å². The molecule has 0 aliphatic heterocycles. The first-order valence-electron chi connectivity index (χ1n) is 11.9. The Morgan fingerprint density at radius 3 is 1.38 bits per heavy atom. The smallest absolute Gasteiger partial charge is 0.306 e. The summed E-state index contributed by atoms with van der Waals surface area (Å²) in [5.41, 5.74) is 0. The maximum absolute atomic E-state index is 11.6. The predicted octanol–water partition coefficient (Wildman–Crippen LogP) is 8.38. The zero-order valence-electron chi connectivity index (χ0n) is 18.2. The van der Waals surface area contributed by atoms with E-state index in [1.165, 1.54) is 96.3 Å². The predicted molar refractivity (Wildman–Crippen MR) is 115 cm³/mol. The Morgan fingerprint density at radius 1 is 0.615 bits per heavy atom. The van der Waals surface area contributed by atoms with Crippen molar-refractivity contribution in [3.63, 3.8) is 0 Å². The molecule has 0 aromatic carbocycles. The zero-order chi connectivity index (χ0) is 19.5. The van der Waals surface area contributed by atoms with Gasteiger partial charge in [0.25, 0.3) is 0 Å². The molecule has 0 radical (unpaired) electrons. The van der Waals surface area contributed by atoms with E-state index in [2.05, 4.69) is 20.8 Å². The molecule has 0 rings (SSSR count). The minimum Gasteiger partial charge on any atom is -0.481 e. The standard InChI is InChI=1S/C24H48O2/c1-4-6-8-10-11-12-13-14-15-16-17-19-21-23(24(25)26)22(3)20-18-9-7-5-2/h22-23H,4-21H2,1-3H3,(H,25,26). The van der Waals surface area contributed by atoms with Crippen LogP contribution in [0.4, 0.5) is 0 Å². The minimum absolute atomic E-state index is 0.125. The van der Waals surface area contributed by atoms with Gasteiger partial charge in [0, 0.05) is 0 Å². The summed E-state index contributed by atoms with van der Waals surface area (Å²) in [6, 6.07) is 0. The Balaban J connectivity index is 3.58. The first-order valence-corrected chi connectivity index (χ1v) is 11.9. The molecule has 0 saturated heterocycles. The quantitative estimate of drug-likeness (QED) is 0.219. The highest BCUT2D eigenvalue weighted by atomic mass is 16.4. The molecule has 0 fully saturated rings. The van der Waals surface area contributed by atoms with Gasteiger partial charge in [-0.25, -0.2) is 0 Å². The van der Waals surface area contributed by atoms with E-state index in [0.717, 1.165) is 19.3 Å². The molecule has 26 heavy (non-hydrogen) atoms. The number of unbranched alkanes of at least 4 members (excludes halogenated alkanes) is 14. The van der Waals surface area contributed by atoms with Gasteiger partial charge in [0.2, 0.25) is 0 Å². The molecule has 0 aliphatic carbocycles. The van der Waals surface area contributed by atoms with Crippen LogP contribution in [-0.4, -0.2) is 11.1 Å². The second-order valence-corrected chi connectivity index (χ2v) is 8.45. The van der Waals surface area contributed by atoms with Gasteiger partial charge in [-0.1, -0.05) is 124 Å². The number of aliphatic carboxylic acids is 1. The van der Waals surface area contributed by atoms with E-state index in [1.54, 1.807) is 0 Å². The molecule has 156 valence electrons. The largest absolute Gasteiger partial charge is 0.481 e. The summed E-state index contributed by atoms with van der Waals surface area (Å²) < 4.78 is 0. The first-order chi connectivity index (χ1) is 12.6. The van der Waals surface area contributed by atoms with Gasteiger partial charge in [0.15, 0.2) is 0 Å². The number of carboxylic acids is 1. The maximum atomic E-state index is 11.6. The van der Waals surface area contributed by atoms with E-state index in [-0.39, 0.29) is 5.92 Å². The van der Waals surface area contributed by atoms with Crippen LogP contribution < -0.4 is 0 Å². The van der Waals surface area contributed by atoms with Gasteiger partial charge in [0.05, 0.1) is 5.92 Å². The topological polar surface area (TPSA) is 37.3 Å². The lowest BCUT2D eigenvalue weighted by atomic mass is 9.85. The number of hydrogen-bond donors (Lipinski definition) is 1. The molecule has 0 aliphatic rings. The highest BCUT2D eigenvalue weighted by Gasteiger charge is 2.23. The summed E-state index contributed by atoms with van der Waals surface area (Å²) in [4.78, 5) is 11.6. The van der Waals surface area contributed by atoms with Crippen LogP contribution in [0.2, 0.25) is 0 Å². The average molecular weight is 369 g/mol. The Hall–Kier alpha value is -0.530. The van der Waals surface area contributed by atoms with Gasteiger partial charge < -0.3 is 5.11 Å². The normalized spacial score (nSPS) is 13.7. The first kappa shape index (κ1) is 25.5. The van der Waals surface area contributed by atoms with Crippen LogP contribution in [0, 0.1) is 11.8 Å². The fourth-order valence-electron chi connectivity index (χ4n) is 3.95. The van der Waals surface area contributed by atoms with Crippen LogP contribution in [-0.2, 0) is 4.79 Å². The fraction of sp³-hybridized carbons (Fsp3) is 0.958. The van der Waals surface area contributed by atoms with Crippen molar-refractivity contribution in [2.45, 2.75) is 136 Å². The van der Waals surface area contributed by atoms with Crippen LogP contribution in [0.25, 0.3) is 0 Å². The Kier molecular flexibility index (Phi) is 18.8. The van der Waals surface area contributed by atoms with Crippen molar-refractivity contribution >= 4 is 5.97 Å². The monoisotopic (exact) mass is 368 g/mol. The number of carbonyl (C=O) groups is 1. The molecule has 1 N–H and O–H groups in total. The van der Waals surface area contributed by atoms with Gasteiger partial charge in [-0.05, 0) is 18.8 Å². The average Bonchev–Trinajstić information content (AvgIpc) is 2.62. The summed E-state index contributed by atoms with van der Waals surface area (Å²) in [5.74, 6) is -0.368. The highest BCUT2D eigenvalue weighted by molar-refractivity contribution is 5.70. The van der Waals surface area contributed by atoms with Crippen LogP contribution >= 0.6 is 0 Å². The summed E-state index contributed by atoms with van der Waals surface area (Å²) in [6.07, 6.45) is 23.0. The molecule has 0 heterocycles. The van der Waals surface area contributed by atoms with E-state index in [4.69, 9.17) is 0 Å². The van der Waals surface area contributed by atoms with E-state index in [9.17, 15) is 9.90 Å². The van der Waals surface area contributed by atoms with Crippen molar-refractivity contribution in [1.29, 1.82) is 0 Å². The lowest BCUT2D eigenvalue weighted by molar-refractivity contribution is -0.143. The lowest BCUT2D eigenvalue weighted by Gasteiger charge is -2.20. The minimum atomic E-state index is -0.573. The van der Waals surface area contributed by atoms with Crippen molar-refractivity contribution in [3.8, 4) is 0 Å². The van der Waals surface area contributed by atoms with E-state index in [0.29, 0.717) is 5.92 Å². The summed E-state index contributed by atoms with van der Waals surface area (Å²) in [7, 11) is 0. The zero-order valence-corrected chi connectivity index (χ0v) is 18.2. The van der Waals surface area contributed by atoms with Crippen LogP contribution in [0.15, 0.2) is 0 Å². The van der Waals surface area contributed by atoms with E-state index < -0.39 is 5.97 Å². The van der Waals surface area contributed by atoms with Crippen molar-refractivity contribution in [3.05, 3.63) is 0 Å². The number of hydrogen-bond acceptors (Lipinski definition) is 1. The molecule has 0 spiro atoms. The molecule has 0 bridgehead atoms. The molecule has 2 unspecified atom stereocenters.